The zero-order valence-corrected chi connectivity index (χ0v) is 50.7. The summed E-state index contributed by atoms with van der Waals surface area (Å²) in [4.78, 5) is 79.5. The minimum Gasteiger partial charge on any atom is -0.382 e. The van der Waals surface area contributed by atoms with Gasteiger partial charge < -0.3 is 88.6 Å². The van der Waals surface area contributed by atoms with Crippen LogP contribution in [0, 0.1) is 11.3 Å². The molecule has 3 rings (SSSR count). The number of imide groups is 1. The molecule has 1 aromatic heterocycles. The van der Waals surface area contributed by atoms with Gasteiger partial charge in [0.05, 0.1) is 190 Å². The first-order valence-corrected chi connectivity index (χ1v) is 29.0. The fourth-order valence-corrected chi connectivity index (χ4v) is 7.60. The van der Waals surface area contributed by atoms with Crippen molar-refractivity contribution < 1.29 is 90.3 Å². The summed E-state index contributed by atoms with van der Waals surface area (Å²) in [5, 5.41) is 19.1. The van der Waals surface area contributed by atoms with Gasteiger partial charge in [-0.15, -0.1) is 5.10 Å². The molecule has 28 nitrogen and oxygen atoms in total. The Morgan fingerprint density at radius 1 is 0.600 bits per heavy atom. The van der Waals surface area contributed by atoms with Gasteiger partial charge in [-0.05, 0) is 41.9 Å². The van der Waals surface area contributed by atoms with Crippen molar-refractivity contribution in [2.45, 2.75) is 85.2 Å². The fourth-order valence-electron chi connectivity index (χ4n) is 7.60. The summed E-state index contributed by atoms with van der Waals surface area (Å²) in [6, 6.07) is 2.99. The molecule has 7 amide bonds. The Morgan fingerprint density at radius 2 is 1.05 bits per heavy atom. The number of ether oxygens (including phenoxy) is 13. The normalized spacial score (nSPS) is 13.6. The van der Waals surface area contributed by atoms with E-state index >= 15 is 0 Å². The molecule has 6 N–H and O–H groups in total. The number of rotatable bonds is 53. The highest BCUT2D eigenvalue weighted by molar-refractivity contribution is 6.13. The Bertz CT molecular complexity index is 2160. The lowest BCUT2D eigenvalue weighted by Crippen LogP contribution is -2.55. The molecule has 0 bridgehead atoms. The molecule has 1 aromatic carbocycles. The van der Waals surface area contributed by atoms with Gasteiger partial charge in [-0.3, -0.25) is 28.9 Å². The highest BCUT2D eigenvalue weighted by Gasteiger charge is 2.37. The zero-order chi connectivity index (χ0) is 61.8. The maximum atomic E-state index is 13.9. The summed E-state index contributed by atoms with van der Waals surface area (Å²) in [6.45, 7) is 21.2. The fraction of sp³-hybridized carbons (Fsp3) is 0.719. The molecule has 0 saturated carbocycles. The van der Waals surface area contributed by atoms with E-state index in [-0.39, 0.29) is 50.3 Å². The van der Waals surface area contributed by atoms with E-state index in [4.69, 9.17) is 67.3 Å². The second-order valence-electron chi connectivity index (χ2n) is 20.8. The van der Waals surface area contributed by atoms with E-state index in [0.29, 0.717) is 158 Å². The molecular weight excluding hydrogens is 1110 g/mol. The number of hydrogen-bond donors (Lipinski definition) is 5. The second-order valence-corrected chi connectivity index (χ2v) is 20.8. The Balaban J connectivity index is 1.27. The number of amides is 7. The van der Waals surface area contributed by atoms with Crippen LogP contribution < -0.4 is 27.0 Å². The molecule has 85 heavy (non-hydrogen) atoms. The van der Waals surface area contributed by atoms with Crippen LogP contribution >= 0.6 is 0 Å². The van der Waals surface area contributed by atoms with Gasteiger partial charge >= 0.3 is 6.03 Å². The first-order chi connectivity index (χ1) is 41.1. The monoisotopic (exact) mass is 1210 g/mol. The van der Waals surface area contributed by atoms with Gasteiger partial charge in [0.15, 0.2) is 0 Å². The molecule has 0 radical (unpaired) electrons. The maximum Gasteiger partial charge on any atom is 0.312 e. The summed E-state index contributed by atoms with van der Waals surface area (Å²) >= 11 is 0. The zero-order valence-electron chi connectivity index (χ0n) is 50.7. The Morgan fingerprint density at radius 3 is 1.47 bits per heavy atom. The first kappa shape index (κ1) is 73.7. The standard InChI is InChI=1S/C57H95N9O19/c1-44(2)53(55(71)61-47(8-7-15-59-56(58)72)54(70)60-46-11-9-45(10-12-46)42-85-43-57(3,4)5)62-50(67)40-49(66-51(68)13-14-52(66)69)48-41-65(64-63-48)16-17-74-20-21-76-24-25-78-28-29-80-32-33-82-36-37-84-39-38-83-35-34-81-31-30-79-27-26-77-23-22-75-19-18-73-6/h9-14,41,44,47,49,53H,7-8,15-40,42-43H2,1-6H3,(H,60,70)(H,61,71)(H,62,67)(H3,58,59,72)/t47-,49-,53-/m0/s1. The topological polar surface area (TPSA) is 330 Å². The van der Waals surface area contributed by atoms with Crippen LogP contribution in [0.4, 0.5) is 10.5 Å². The van der Waals surface area contributed by atoms with E-state index in [9.17, 15) is 28.8 Å². The third-order valence-electron chi connectivity index (χ3n) is 11.9. The molecule has 3 atom stereocenters. The van der Waals surface area contributed by atoms with Crippen molar-refractivity contribution in [1.29, 1.82) is 0 Å². The van der Waals surface area contributed by atoms with Gasteiger partial charge in [-0.1, -0.05) is 52.0 Å². The van der Waals surface area contributed by atoms with Crippen molar-refractivity contribution in [2.24, 2.45) is 17.1 Å². The average molecular weight is 1210 g/mol. The van der Waals surface area contributed by atoms with Crippen LogP contribution in [-0.4, -0.2) is 240 Å². The number of urea groups is 1. The molecule has 28 heteroatoms. The smallest absolute Gasteiger partial charge is 0.312 e. The molecule has 0 unspecified atom stereocenters. The number of hydrogen-bond acceptors (Lipinski definition) is 21. The molecular formula is C57H95N9O19. The van der Waals surface area contributed by atoms with Crippen molar-refractivity contribution in [3.63, 3.8) is 0 Å². The van der Waals surface area contributed by atoms with E-state index in [2.05, 4.69) is 52.4 Å². The Labute approximate surface area is 499 Å². The minimum absolute atomic E-state index is 0.00728. The van der Waals surface area contributed by atoms with Gasteiger partial charge in [0.1, 0.15) is 17.8 Å². The molecule has 0 saturated heterocycles. The van der Waals surface area contributed by atoms with Gasteiger partial charge in [-0.25, -0.2) is 9.48 Å². The number of nitrogens with one attached hydrogen (secondary N) is 4. The van der Waals surface area contributed by atoms with E-state index in [1.54, 1.807) is 33.1 Å². The number of carbonyl (C=O) groups is 6. The number of methoxy groups -OCH3 is 1. The number of primary amides is 1. The van der Waals surface area contributed by atoms with Crippen LogP contribution in [-0.2, 0) is 98.7 Å². The van der Waals surface area contributed by atoms with E-state index in [0.717, 1.165) is 22.6 Å². The summed E-state index contributed by atoms with van der Waals surface area (Å²) in [7, 11) is 1.63. The van der Waals surface area contributed by atoms with Crippen LogP contribution in [0.5, 0.6) is 0 Å². The van der Waals surface area contributed by atoms with Crippen LogP contribution in [0.25, 0.3) is 0 Å². The third kappa shape index (κ3) is 35.6. The third-order valence-corrected chi connectivity index (χ3v) is 11.9. The number of benzene rings is 1. The predicted molar refractivity (Wildman–Crippen MR) is 309 cm³/mol. The largest absolute Gasteiger partial charge is 0.382 e. The number of nitrogens with two attached hydrogens (primary N) is 1. The molecule has 482 valence electrons. The van der Waals surface area contributed by atoms with Crippen molar-refractivity contribution >= 4 is 41.3 Å². The lowest BCUT2D eigenvalue weighted by atomic mass is 9.99. The Hall–Kier alpha value is -5.60. The van der Waals surface area contributed by atoms with Gasteiger partial charge in [-0.2, -0.15) is 0 Å². The number of anilines is 1. The molecule has 2 heterocycles. The molecule has 0 aliphatic carbocycles. The van der Waals surface area contributed by atoms with Crippen molar-refractivity contribution in [2.75, 3.05) is 178 Å². The highest BCUT2D eigenvalue weighted by Crippen LogP contribution is 2.26. The quantitative estimate of drug-likeness (QED) is 0.0465. The SMILES string of the molecule is COCCOCCOCCOCCOCCOCCOCCOCCOCCOCCOCCOCCn1cc([C@H](CC(=O)N[C@H](C(=O)N[C@@H](CCCNC(N)=O)C(=O)Nc2ccc(COCC(C)(C)C)cc2)C(C)C)N2C(=O)C=CC2=O)nn1. The summed E-state index contributed by atoms with van der Waals surface area (Å²) in [5.41, 5.74) is 6.79. The van der Waals surface area contributed by atoms with E-state index in [1.165, 1.54) is 10.9 Å². The Kier molecular flexibility index (Phi) is 39.6. The van der Waals surface area contributed by atoms with Gasteiger partial charge in [0, 0.05) is 31.5 Å². The molecule has 1 aliphatic heterocycles. The average Bonchev–Trinajstić information content (AvgIpc) is 2.67. The summed E-state index contributed by atoms with van der Waals surface area (Å²) in [6.07, 6.45) is 3.66. The van der Waals surface area contributed by atoms with Crippen LogP contribution in [0.1, 0.15) is 71.2 Å². The minimum atomic E-state index is -1.17. The number of aromatic nitrogens is 3. The molecule has 0 spiro atoms. The van der Waals surface area contributed by atoms with E-state index in [1.807, 2.05) is 12.1 Å². The maximum absolute atomic E-state index is 13.9. The molecule has 2 aromatic rings. The van der Waals surface area contributed by atoms with Gasteiger partial charge in [0.2, 0.25) is 17.7 Å². The predicted octanol–water partition coefficient (Wildman–Crippen LogP) is 1.74. The van der Waals surface area contributed by atoms with Crippen LogP contribution in [0.2, 0.25) is 0 Å². The van der Waals surface area contributed by atoms with Crippen molar-refractivity contribution in [1.82, 2.24) is 35.8 Å². The summed E-state index contributed by atoms with van der Waals surface area (Å²) in [5.74, 6) is -3.61. The van der Waals surface area contributed by atoms with Crippen molar-refractivity contribution in [3.8, 4) is 0 Å². The number of nitrogens with zero attached hydrogens (tertiary/aromatic N) is 4. The van der Waals surface area contributed by atoms with E-state index < -0.39 is 66.0 Å². The number of carbonyl (C=O) groups excluding carboxylic acids is 6. The lowest BCUT2D eigenvalue weighted by Gasteiger charge is -2.27. The second kappa shape index (κ2) is 45.7. The van der Waals surface area contributed by atoms with Crippen molar-refractivity contribution in [3.05, 3.63) is 53.9 Å². The highest BCUT2D eigenvalue weighted by atomic mass is 16.6. The van der Waals surface area contributed by atoms with Crippen LogP contribution in [0.15, 0.2) is 42.6 Å². The van der Waals surface area contributed by atoms with Crippen LogP contribution in [0.3, 0.4) is 0 Å². The first-order valence-electron chi connectivity index (χ1n) is 29.0. The molecule has 0 fully saturated rings. The van der Waals surface area contributed by atoms with Gasteiger partial charge in [0.25, 0.3) is 11.8 Å². The summed E-state index contributed by atoms with van der Waals surface area (Å²) < 4.78 is 72.8. The molecule has 1 aliphatic rings. The lowest BCUT2D eigenvalue weighted by molar-refractivity contribution is -0.141.